The fourth-order valence-electron chi connectivity index (χ4n) is 2.56. The number of piperidine rings is 1. The van der Waals surface area contributed by atoms with Crippen molar-refractivity contribution in [3.8, 4) is 0 Å². The Kier molecular flexibility index (Phi) is 5.90. The highest BCUT2D eigenvalue weighted by Gasteiger charge is 2.15. The second-order valence-corrected chi connectivity index (χ2v) is 5.96. The van der Waals surface area contributed by atoms with Crippen molar-refractivity contribution in [2.24, 2.45) is 16.6 Å². The zero-order valence-electron chi connectivity index (χ0n) is 13.3. The molecule has 0 bridgehead atoms. The highest BCUT2D eigenvalue weighted by molar-refractivity contribution is 5.77. The number of aliphatic imine (C=N–C) groups is 1. The molecular weight excluding hydrogens is 260 g/mol. The van der Waals surface area contributed by atoms with E-state index in [1.807, 2.05) is 0 Å². The Balaban J connectivity index is 1.87. The van der Waals surface area contributed by atoms with Crippen molar-refractivity contribution in [2.75, 3.05) is 24.5 Å². The van der Waals surface area contributed by atoms with Crippen molar-refractivity contribution in [1.29, 1.82) is 0 Å². The molecule has 0 atom stereocenters. The van der Waals surface area contributed by atoms with Gasteiger partial charge in [0.1, 0.15) is 0 Å². The van der Waals surface area contributed by atoms with Crippen LogP contribution in [0.1, 0.15) is 38.7 Å². The van der Waals surface area contributed by atoms with Crippen molar-refractivity contribution in [2.45, 2.75) is 39.7 Å². The van der Waals surface area contributed by atoms with Crippen LogP contribution in [0.2, 0.25) is 0 Å². The van der Waals surface area contributed by atoms with E-state index in [1.54, 1.807) is 0 Å². The van der Waals surface area contributed by atoms with Crippen LogP contribution < -0.4 is 16.0 Å². The van der Waals surface area contributed by atoms with Crippen LogP contribution >= 0.6 is 0 Å². The molecule has 0 unspecified atom stereocenters. The SMILES string of the molecule is CCCNC(N)=NCc1ccc(N2CCC(C)CC2)cc1. The minimum absolute atomic E-state index is 0.533. The second-order valence-electron chi connectivity index (χ2n) is 5.96. The molecule has 1 aromatic carbocycles. The zero-order chi connectivity index (χ0) is 15.1. The number of hydrogen-bond acceptors (Lipinski definition) is 2. The maximum Gasteiger partial charge on any atom is 0.188 e. The molecule has 21 heavy (non-hydrogen) atoms. The van der Waals surface area contributed by atoms with Gasteiger partial charge >= 0.3 is 0 Å². The lowest BCUT2D eigenvalue weighted by molar-refractivity contribution is 0.438. The summed E-state index contributed by atoms with van der Waals surface area (Å²) in [5, 5.41) is 3.09. The first-order valence-electron chi connectivity index (χ1n) is 8.06. The smallest absolute Gasteiger partial charge is 0.188 e. The van der Waals surface area contributed by atoms with E-state index in [1.165, 1.54) is 37.2 Å². The van der Waals surface area contributed by atoms with Crippen LogP contribution in [0.25, 0.3) is 0 Å². The van der Waals surface area contributed by atoms with Gasteiger partial charge in [-0.25, -0.2) is 4.99 Å². The van der Waals surface area contributed by atoms with Gasteiger partial charge < -0.3 is 16.0 Å². The molecule has 0 aromatic heterocycles. The highest BCUT2D eigenvalue weighted by atomic mass is 15.1. The minimum Gasteiger partial charge on any atom is -0.372 e. The van der Waals surface area contributed by atoms with Crippen LogP contribution in [0.4, 0.5) is 5.69 Å². The Hall–Kier alpha value is -1.71. The van der Waals surface area contributed by atoms with Gasteiger partial charge in [-0.3, -0.25) is 0 Å². The summed E-state index contributed by atoms with van der Waals surface area (Å²) < 4.78 is 0. The van der Waals surface area contributed by atoms with Crippen LogP contribution in [-0.4, -0.2) is 25.6 Å². The van der Waals surface area contributed by atoms with Crippen LogP contribution in [0, 0.1) is 5.92 Å². The van der Waals surface area contributed by atoms with Crippen molar-refractivity contribution >= 4 is 11.6 Å². The quantitative estimate of drug-likeness (QED) is 0.647. The lowest BCUT2D eigenvalue weighted by Crippen LogP contribution is -2.32. The van der Waals surface area contributed by atoms with Gasteiger partial charge in [0, 0.05) is 25.3 Å². The van der Waals surface area contributed by atoms with Gasteiger partial charge in [0.05, 0.1) is 6.54 Å². The largest absolute Gasteiger partial charge is 0.372 e. The van der Waals surface area contributed by atoms with E-state index >= 15 is 0 Å². The van der Waals surface area contributed by atoms with Gasteiger partial charge in [0.15, 0.2) is 5.96 Å². The molecule has 4 nitrogen and oxygen atoms in total. The van der Waals surface area contributed by atoms with Gasteiger partial charge in [-0.15, -0.1) is 0 Å². The van der Waals surface area contributed by atoms with E-state index in [0.29, 0.717) is 12.5 Å². The number of nitrogens with one attached hydrogen (secondary N) is 1. The third kappa shape index (κ3) is 4.96. The Morgan fingerprint density at radius 2 is 1.95 bits per heavy atom. The fraction of sp³-hybridized carbons (Fsp3) is 0.588. The summed E-state index contributed by atoms with van der Waals surface area (Å²) in [6.07, 6.45) is 3.65. The Morgan fingerprint density at radius 3 is 2.57 bits per heavy atom. The average Bonchev–Trinajstić information content (AvgIpc) is 2.52. The average molecular weight is 288 g/mol. The van der Waals surface area contributed by atoms with Crippen molar-refractivity contribution < 1.29 is 0 Å². The molecule has 1 heterocycles. The fourth-order valence-corrected chi connectivity index (χ4v) is 2.56. The Labute approximate surface area is 128 Å². The van der Waals surface area contributed by atoms with Crippen molar-refractivity contribution in [3.05, 3.63) is 29.8 Å². The summed E-state index contributed by atoms with van der Waals surface area (Å²) in [5.41, 5.74) is 8.32. The lowest BCUT2D eigenvalue weighted by atomic mass is 9.99. The predicted octanol–water partition coefficient (Wildman–Crippen LogP) is 2.74. The molecule has 0 amide bonds. The third-order valence-electron chi connectivity index (χ3n) is 4.07. The molecule has 1 saturated heterocycles. The lowest BCUT2D eigenvalue weighted by Gasteiger charge is -2.32. The second kappa shape index (κ2) is 7.91. The number of hydrogen-bond donors (Lipinski definition) is 2. The monoisotopic (exact) mass is 288 g/mol. The van der Waals surface area contributed by atoms with Crippen LogP contribution in [0.15, 0.2) is 29.3 Å². The topological polar surface area (TPSA) is 53.6 Å². The van der Waals surface area contributed by atoms with Crippen molar-refractivity contribution in [1.82, 2.24) is 5.32 Å². The molecule has 1 aromatic rings. The maximum atomic E-state index is 5.80. The summed E-state index contributed by atoms with van der Waals surface area (Å²) in [6, 6.07) is 8.72. The molecule has 1 aliphatic heterocycles. The van der Waals surface area contributed by atoms with Gasteiger partial charge in [-0.1, -0.05) is 26.0 Å². The number of rotatable bonds is 5. The molecule has 3 N–H and O–H groups in total. The first-order chi connectivity index (χ1) is 10.2. The number of anilines is 1. The first-order valence-corrected chi connectivity index (χ1v) is 8.06. The van der Waals surface area contributed by atoms with E-state index in [4.69, 9.17) is 5.73 Å². The molecule has 0 spiro atoms. The maximum absolute atomic E-state index is 5.80. The number of nitrogens with zero attached hydrogens (tertiary/aromatic N) is 2. The van der Waals surface area contributed by atoms with Gasteiger partial charge in [-0.2, -0.15) is 0 Å². The number of benzene rings is 1. The van der Waals surface area contributed by atoms with Crippen molar-refractivity contribution in [3.63, 3.8) is 0 Å². The highest BCUT2D eigenvalue weighted by Crippen LogP contribution is 2.23. The van der Waals surface area contributed by atoms with Gasteiger partial charge in [0.25, 0.3) is 0 Å². The standard InChI is InChI=1S/C17H28N4/c1-3-10-19-17(18)20-13-15-4-6-16(7-5-15)21-11-8-14(2)9-12-21/h4-7,14H,3,8-13H2,1-2H3,(H3,18,19,20). The summed E-state index contributed by atoms with van der Waals surface area (Å²) >= 11 is 0. The Bertz CT molecular complexity index is 444. The summed E-state index contributed by atoms with van der Waals surface area (Å²) in [5.74, 6) is 1.40. The minimum atomic E-state index is 0.533. The normalized spacial score (nSPS) is 17.0. The molecule has 116 valence electrons. The third-order valence-corrected chi connectivity index (χ3v) is 4.07. The van der Waals surface area contributed by atoms with Gasteiger partial charge in [0.2, 0.25) is 0 Å². The molecule has 0 aliphatic carbocycles. The van der Waals surface area contributed by atoms with Gasteiger partial charge in [-0.05, 0) is 42.9 Å². The van der Waals surface area contributed by atoms with E-state index in [-0.39, 0.29) is 0 Å². The van der Waals surface area contributed by atoms with E-state index in [9.17, 15) is 0 Å². The van der Waals surface area contributed by atoms with E-state index in [2.05, 4.69) is 53.3 Å². The molecule has 1 aliphatic rings. The molecule has 1 fully saturated rings. The first kappa shape index (κ1) is 15.7. The Morgan fingerprint density at radius 1 is 1.29 bits per heavy atom. The summed E-state index contributed by atoms with van der Waals surface area (Å²) in [7, 11) is 0. The van der Waals surface area contributed by atoms with E-state index in [0.717, 1.165) is 18.9 Å². The van der Waals surface area contributed by atoms with Crippen LogP contribution in [0.5, 0.6) is 0 Å². The van der Waals surface area contributed by atoms with Crippen LogP contribution in [-0.2, 0) is 6.54 Å². The number of nitrogens with two attached hydrogens (primary N) is 1. The number of guanidine groups is 1. The summed E-state index contributed by atoms with van der Waals surface area (Å²) in [4.78, 5) is 6.83. The van der Waals surface area contributed by atoms with E-state index < -0.39 is 0 Å². The molecular formula is C17H28N4. The van der Waals surface area contributed by atoms with Crippen LogP contribution in [0.3, 0.4) is 0 Å². The predicted molar refractivity (Wildman–Crippen MR) is 90.7 cm³/mol. The summed E-state index contributed by atoms with van der Waals surface area (Å²) in [6.45, 7) is 8.32. The molecule has 2 rings (SSSR count). The molecule has 4 heteroatoms. The molecule has 0 radical (unpaired) electrons. The zero-order valence-corrected chi connectivity index (χ0v) is 13.3. The molecule has 0 saturated carbocycles.